The summed E-state index contributed by atoms with van der Waals surface area (Å²) in [5, 5.41) is 8.62. The molecular weight excluding hydrogens is 390 g/mol. The van der Waals surface area contributed by atoms with E-state index >= 15 is 0 Å². The Kier molecular flexibility index (Phi) is 5.80. The molecule has 1 N–H and O–H groups in total. The third-order valence-corrected chi connectivity index (χ3v) is 5.54. The monoisotopic (exact) mass is 413 g/mol. The van der Waals surface area contributed by atoms with E-state index in [-0.39, 0.29) is 5.91 Å². The molecule has 0 unspecified atom stereocenters. The summed E-state index contributed by atoms with van der Waals surface area (Å²) in [6, 6.07) is 8.03. The third-order valence-electron chi connectivity index (χ3n) is 5.15. The van der Waals surface area contributed by atoms with Gasteiger partial charge in [0.05, 0.1) is 40.6 Å². The van der Waals surface area contributed by atoms with Gasteiger partial charge in [-0.2, -0.15) is 5.10 Å². The van der Waals surface area contributed by atoms with Gasteiger partial charge in [0.25, 0.3) is 5.91 Å². The van der Waals surface area contributed by atoms with Crippen molar-refractivity contribution in [3.05, 3.63) is 52.3 Å². The van der Waals surface area contributed by atoms with Crippen molar-refractivity contribution in [3.63, 3.8) is 0 Å². The van der Waals surface area contributed by atoms with Gasteiger partial charge in [0.2, 0.25) is 0 Å². The normalized spacial score (nSPS) is 15.0. The van der Waals surface area contributed by atoms with Crippen LogP contribution < -0.4 is 5.32 Å². The van der Waals surface area contributed by atoms with E-state index in [1.54, 1.807) is 4.68 Å². The molecule has 8 heteroatoms. The number of pyridine rings is 1. The van der Waals surface area contributed by atoms with Crippen molar-refractivity contribution in [1.29, 1.82) is 0 Å². The quantitative estimate of drug-likeness (QED) is 0.696. The predicted molar refractivity (Wildman–Crippen MR) is 113 cm³/mol. The fourth-order valence-electron chi connectivity index (χ4n) is 3.48. The van der Waals surface area contributed by atoms with Crippen LogP contribution in [0.1, 0.15) is 21.6 Å². The molecule has 7 nitrogen and oxygen atoms in total. The molecule has 0 saturated carbocycles. The van der Waals surface area contributed by atoms with E-state index in [1.807, 2.05) is 38.1 Å². The van der Waals surface area contributed by atoms with Crippen molar-refractivity contribution in [2.45, 2.75) is 13.8 Å². The fourth-order valence-corrected chi connectivity index (χ4v) is 3.84. The second kappa shape index (κ2) is 8.49. The topological polar surface area (TPSA) is 72.3 Å². The Morgan fingerprint density at radius 1 is 1.21 bits per heavy atom. The molecule has 2 aromatic heterocycles. The Balaban J connectivity index is 1.55. The van der Waals surface area contributed by atoms with Crippen LogP contribution in [-0.2, 0) is 4.74 Å². The van der Waals surface area contributed by atoms with E-state index in [9.17, 15) is 4.79 Å². The van der Waals surface area contributed by atoms with Crippen LogP contribution in [0.5, 0.6) is 0 Å². The Morgan fingerprint density at radius 3 is 2.66 bits per heavy atom. The van der Waals surface area contributed by atoms with E-state index in [4.69, 9.17) is 16.3 Å². The molecule has 0 radical (unpaired) electrons. The summed E-state index contributed by atoms with van der Waals surface area (Å²) in [6.45, 7) is 8.51. The van der Waals surface area contributed by atoms with Crippen LogP contribution in [0.2, 0.25) is 5.02 Å². The molecular formula is C21H24ClN5O2. The first-order valence-corrected chi connectivity index (χ1v) is 10.1. The van der Waals surface area contributed by atoms with Crippen LogP contribution in [0.25, 0.3) is 16.7 Å². The Bertz CT molecular complexity index is 1030. The van der Waals surface area contributed by atoms with E-state index in [0.717, 1.165) is 44.2 Å². The molecule has 0 spiro atoms. The van der Waals surface area contributed by atoms with Crippen molar-refractivity contribution >= 4 is 28.5 Å². The number of aromatic nitrogens is 3. The summed E-state index contributed by atoms with van der Waals surface area (Å²) < 4.78 is 7.10. The smallest absolute Gasteiger partial charge is 0.254 e. The maximum absolute atomic E-state index is 12.7. The number of morpholine rings is 1. The first-order valence-electron chi connectivity index (χ1n) is 9.74. The summed E-state index contributed by atoms with van der Waals surface area (Å²) >= 11 is 6.61. The van der Waals surface area contributed by atoms with Crippen LogP contribution in [-0.4, -0.2) is 65.0 Å². The number of benzene rings is 1. The van der Waals surface area contributed by atoms with Crippen LogP contribution in [0.4, 0.5) is 0 Å². The van der Waals surface area contributed by atoms with Gasteiger partial charge in [0.1, 0.15) is 0 Å². The average molecular weight is 414 g/mol. The molecule has 1 saturated heterocycles. The minimum absolute atomic E-state index is 0.222. The first-order chi connectivity index (χ1) is 14.0. The number of ether oxygens (including phenoxy) is 1. The number of halogens is 1. The molecule has 1 aromatic carbocycles. The molecule has 1 aliphatic rings. The molecule has 1 amide bonds. The standard InChI is InChI=1S/C21H24ClN5O2/c1-14-3-5-16(6-4-14)27-20-18(15(2)25-27)19(22)17(13-24-20)21(28)23-7-8-26-9-11-29-12-10-26/h3-6,13H,7-12H2,1-2H3,(H,23,28). The van der Waals surface area contributed by atoms with E-state index < -0.39 is 0 Å². The summed E-state index contributed by atoms with van der Waals surface area (Å²) in [4.78, 5) is 19.4. The molecule has 29 heavy (non-hydrogen) atoms. The zero-order valence-electron chi connectivity index (χ0n) is 16.6. The van der Waals surface area contributed by atoms with E-state index in [0.29, 0.717) is 28.2 Å². The van der Waals surface area contributed by atoms with Gasteiger partial charge in [-0.05, 0) is 26.0 Å². The van der Waals surface area contributed by atoms with Gasteiger partial charge in [-0.25, -0.2) is 9.67 Å². The van der Waals surface area contributed by atoms with Crippen LogP contribution in [0, 0.1) is 13.8 Å². The van der Waals surface area contributed by atoms with E-state index in [1.165, 1.54) is 11.8 Å². The molecule has 1 fully saturated rings. The van der Waals surface area contributed by atoms with Gasteiger partial charge < -0.3 is 10.1 Å². The zero-order valence-corrected chi connectivity index (χ0v) is 17.4. The van der Waals surface area contributed by atoms with Gasteiger partial charge in [-0.1, -0.05) is 29.3 Å². The summed E-state index contributed by atoms with van der Waals surface area (Å²) in [5.74, 6) is -0.222. The lowest BCUT2D eigenvalue weighted by Gasteiger charge is -2.26. The van der Waals surface area contributed by atoms with Gasteiger partial charge in [-0.3, -0.25) is 9.69 Å². The molecule has 3 aromatic rings. The SMILES string of the molecule is Cc1ccc(-n2nc(C)c3c(Cl)c(C(=O)NCCN4CCOCC4)cnc32)cc1. The number of amides is 1. The second-order valence-corrected chi connectivity index (χ2v) is 7.61. The van der Waals surface area contributed by atoms with Crippen LogP contribution in [0.3, 0.4) is 0 Å². The number of carbonyl (C=O) groups is 1. The van der Waals surface area contributed by atoms with Crippen molar-refractivity contribution in [1.82, 2.24) is 25.0 Å². The number of aryl methyl sites for hydroxylation is 2. The highest BCUT2D eigenvalue weighted by molar-refractivity contribution is 6.38. The highest BCUT2D eigenvalue weighted by Crippen LogP contribution is 2.30. The van der Waals surface area contributed by atoms with Gasteiger partial charge in [0.15, 0.2) is 5.65 Å². The lowest BCUT2D eigenvalue weighted by atomic mass is 10.2. The minimum Gasteiger partial charge on any atom is -0.379 e. The largest absolute Gasteiger partial charge is 0.379 e. The van der Waals surface area contributed by atoms with Gasteiger partial charge in [0, 0.05) is 32.4 Å². The number of nitrogens with one attached hydrogen (secondary N) is 1. The molecule has 4 rings (SSSR count). The zero-order chi connectivity index (χ0) is 20.4. The van der Waals surface area contributed by atoms with Crippen LogP contribution >= 0.6 is 11.6 Å². The lowest BCUT2D eigenvalue weighted by Crippen LogP contribution is -2.41. The number of nitrogens with zero attached hydrogens (tertiary/aromatic N) is 4. The molecule has 152 valence electrons. The summed E-state index contributed by atoms with van der Waals surface area (Å²) in [5.41, 5.74) is 3.82. The summed E-state index contributed by atoms with van der Waals surface area (Å²) in [7, 11) is 0. The second-order valence-electron chi connectivity index (χ2n) is 7.23. The average Bonchev–Trinajstić information content (AvgIpc) is 3.07. The number of rotatable bonds is 5. The van der Waals surface area contributed by atoms with Crippen molar-refractivity contribution in [2.24, 2.45) is 0 Å². The maximum atomic E-state index is 12.7. The van der Waals surface area contributed by atoms with E-state index in [2.05, 4.69) is 20.3 Å². The van der Waals surface area contributed by atoms with Crippen molar-refractivity contribution < 1.29 is 9.53 Å². The number of carbonyl (C=O) groups excluding carboxylic acids is 1. The predicted octanol–water partition coefficient (Wildman–Crippen LogP) is 2.75. The minimum atomic E-state index is -0.222. The number of hydrogen-bond donors (Lipinski definition) is 1. The highest BCUT2D eigenvalue weighted by atomic mass is 35.5. The molecule has 0 bridgehead atoms. The number of hydrogen-bond acceptors (Lipinski definition) is 5. The molecule has 3 heterocycles. The first kappa shape index (κ1) is 19.8. The highest BCUT2D eigenvalue weighted by Gasteiger charge is 2.20. The molecule has 0 atom stereocenters. The number of fused-ring (bicyclic) bond motifs is 1. The van der Waals surface area contributed by atoms with Gasteiger partial charge in [-0.15, -0.1) is 0 Å². The van der Waals surface area contributed by atoms with Crippen molar-refractivity contribution in [2.75, 3.05) is 39.4 Å². The third kappa shape index (κ3) is 4.12. The lowest BCUT2D eigenvalue weighted by molar-refractivity contribution is 0.0383. The Hall–Kier alpha value is -2.48. The summed E-state index contributed by atoms with van der Waals surface area (Å²) in [6.07, 6.45) is 1.53. The molecule has 1 aliphatic heterocycles. The Labute approximate surface area is 174 Å². The maximum Gasteiger partial charge on any atom is 0.254 e. The Morgan fingerprint density at radius 2 is 1.93 bits per heavy atom. The van der Waals surface area contributed by atoms with Gasteiger partial charge >= 0.3 is 0 Å². The molecule has 0 aliphatic carbocycles. The van der Waals surface area contributed by atoms with Crippen molar-refractivity contribution in [3.8, 4) is 5.69 Å². The van der Waals surface area contributed by atoms with Crippen LogP contribution in [0.15, 0.2) is 30.5 Å². The fraction of sp³-hybridized carbons (Fsp3) is 0.381.